The molecule has 0 aromatic heterocycles. The van der Waals surface area contributed by atoms with E-state index in [9.17, 15) is 15.2 Å². The van der Waals surface area contributed by atoms with Crippen molar-refractivity contribution in [3.63, 3.8) is 0 Å². The van der Waals surface area contributed by atoms with Crippen molar-refractivity contribution in [2.75, 3.05) is 25.2 Å². The van der Waals surface area contributed by atoms with Gasteiger partial charge in [0.25, 0.3) is 5.69 Å². The third kappa shape index (κ3) is 3.21. The fraction of sp³-hybridized carbons (Fsp3) is 0.538. The molecule has 0 radical (unpaired) electrons. The minimum absolute atomic E-state index is 0.00953. The van der Waals surface area contributed by atoms with Crippen LogP contribution in [0.1, 0.15) is 18.4 Å². The second-order valence-electron chi connectivity index (χ2n) is 4.65. The predicted molar refractivity (Wildman–Crippen MR) is 71.3 cm³/mol. The van der Waals surface area contributed by atoms with E-state index in [1.807, 2.05) is 0 Å². The maximum Gasteiger partial charge on any atom is 0.269 e. The van der Waals surface area contributed by atoms with E-state index in [1.165, 1.54) is 12.1 Å². The topological polar surface area (TPSA) is 75.8 Å². The first-order valence-corrected chi connectivity index (χ1v) is 6.31. The van der Waals surface area contributed by atoms with Gasteiger partial charge < -0.3 is 14.7 Å². The minimum atomic E-state index is -0.445. The van der Waals surface area contributed by atoms with Crippen molar-refractivity contribution in [2.45, 2.75) is 25.5 Å². The number of hydrogen-bond donors (Lipinski definition) is 1. The Labute approximate surface area is 111 Å². The number of rotatable bonds is 7. The monoisotopic (exact) mass is 266 g/mol. The van der Waals surface area contributed by atoms with Gasteiger partial charge in [-0.1, -0.05) is 0 Å². The SMILES string of the molecule is COCCN(c1ccc([N+](=O)[O-])cc1CO)C1CC1. The van der Waals surface area contributed by atoms with Gasteiger partial charge in [0, 0.05) is 43.1 Å². The Bertz CT molecular complexity index is 460. The molecule has 2 rings (SSSR count). The average Bonchev–Trinajstić information content (AvgIpc) is 3.23. The molecule has 0 atom stereocenters. The fourth-order valence-electron chi connectivity index (χ4n) is 2.17. The van der Waals surface area contributed by atoms with Gasteiger partial charge in [0.05, 0.1) is 18.1 Å². The summed E-state index contributed by atoms with van der Waals surface area (Å²) in [4.78, 5) is 12.5. The fourth-order valence-corrected chi connectivity index (χ4v) is 2.17. The molecule has 0 amide bonds. The molecule has 1 N–H and O–H groups in total. The molecule has 0 heterocycles. The van der Waals surface area contributed by atoms with Gasteiger partial charge in [-0.3, -0.25) is 10.1 Å². The van der Waals surface area contributed by atoms with Gasteiger partial charge in [0.15, 0.2) is 0 Å². The van der Waals surface area contributed by atoms with E-state index in [1.54, 1.807) is 13.2 Å². The van der Waals surface area contributed by atoms with Crippen LogP contribution in [-0.2, 0) is 11.3 Å². The smallest absolute Gasteiger partial charge is 0.269 e. The van der Waals surface area contributed by atoms with E-state index in [0.717, 1.165) is 25.1 Å². The molecule has 0 unspecified atom stereocenters. The predicted octanol–water partition coefficient (Wildman–Crippen LogP) is 1.70. The average molecular weight is 266 g/mol. The number of nitrogens with zero attached hydrogens (tertiary/aromatic N) is 2. The molecule has 19 heavy (non-hydrogen) atoms. The van der Waals surface area contributed by atoms with E-state index < -0.39 is 4.92 Å². The molecule has 104 valence electrons. The Hall–Kier alpha value is -1.66. The maximum atomic E-state index is 10.8. The van der Waals surface area contributed by atoms with Crippen LogP contribution in [-0.4, -0.2) is 36.3 Å². The van der Waals surface area contributed by atoms with Crippen molar-refractivity contribution in [3.05, 3.63) is 33.9 Å². The number of non-ortho nitro benzene ring substituents is 1. The molecule has 0 aliphatic heterocycles. The number of hydrogen-bond acceptors (Lipinski definition) is 5. The van der Waals surface area contributed by atoms with Crippen LogP contribution >= 0.6 is 0 Å². The van der Waals surface area contributed by atoms with Crippen LogP contribution in [0.5, 0.6) is 0 Å². The van der Waals surface area contributed by atoms with Crippen LogP contribution in [0.4, 0.5) is 11.4 Å². The molecular weight excluding hydrogens is 248 g/mol. The summed E-state index contributed by atoms with van der Waals surface area (Å²) in [6.45, 7) is 1.12. The second-order valence-corrected chi connectivity index (χ2v) is 4.65. The van der Waals surface area contributed by atoms with E-state index in [2.05, 4.69) is 4.90 Å². The highest BCUT2D eigenvalue weighted by molar-refractivity contribution is 5.59. The Morgan fingerprint density at radius 3 is 2.79 bits per heavy atom. The van der Waals surface area contributed by atoms with Crippen LogP contribution in [0.15, 0.2) is 18.2 Å². The Kier molecular flexibility index (Phi) is 4.34. The van der Waals surface area contributed by atoms with Gasteiger partial charge in [0.2, 0.25) is 0 Å². The summed E-state index contributed by atoms with van der Waals surface area (Å²) >= 11 is 0. The van der Waals surface area contributed by atoms with Crippen LogP contribution in [0.25, 0.3) is 0 Å². The van der Waals surface area contributed by atoms with Gasteiger partial charge in [-0.15, -0.1) is 0 Å². The van der Waals surface area contributed by atoms with Crippen molar-refractivity contribution in [1.29, 1.82) is 0 Å². The number of aliphatic hydroxyl groups excluding tert-OH is 1. The van der Waals surface area contributed by atoms with Crippen LogP contribution < -0.4 is 4.90 Å². The zero-order chi connectivity index (χ0) is 13.8. The van der Waals surface area contributed by atoms with Crippen molar-refractivity contribution < 1.29 is 14.8 Å². The number of benzene rings is 1. The van der Waals surface area contributed by atoms with Gasteiger partial charge in [0.1, 0.15) is 0 Å². The first kappa shape index (κ1) is 13.8. The quantitative estimate of drug-likeness (QED) is 0.600. The zero-order valence-electron chi connectivity index (χ0n) is 10.9. The molecule has 0 saturated heterocycles. The highest BCUT2D eigenvalue weighted by Crippen LogP contribution is 2.34. The van der Waals surface area contributed by atoms with Crippen LogP contribution in [0, 0.1) is 10.1 Å². The van der Waals surface area contributed by atoms with Gasteiger partial charge >= 0.3 is 0 Å². The number of nitro benzene ring substituents is 1. The van der Waals surface area contributed by atoms with E-state index in [0.29, 0.717) is 18.2 Å². The largest absolute Gasteiger partial charge is 0.392 e. The maximum absolute atomic E-state index is 10.8. The number of methoxy groups -OCH3 is 1. The molecule has 6 nitrogen and oxygen atoms in total. The lowest BCUT2D eigenvalue weighted by Gasteiger charge is -2.26. The standard InChI is InChI=1S/C13H18N2O4/c1-19-7-6-14(11-2-3-11)13-5-4-12(15(17)18)8-10(13)9-16/h4-5,8,11,16H,2-3,6-7,9H2,1H3. The first-order valence-electron chi connectivity index (χ1n) is 6.31. The summed E-state index contributed by atoms with van der Waals surface area (Å²) in [6.07, 6.45) is 2.23. The number of ether oxygens (including phenoxy) is 1. The second kappa shape index (κ2) is 5.99. The lowest BCUT2D eigenvalue weighted by molar-refractivity contribution is -0.384. The molecule has 1 saturated carbocycles. The molecule has 1 aliphatic rings. The lowest BCUT2D eigenvalue weighted by Crippen LogP contribution is -2.30. The molecule has 1 aromatic carbocycles. The summed E-state index contributed by atoms with van der Waals surface area (Å²) in [5.74, 6) is 0. The third-order valence-electron chi connectivity index (χ3n) is 3.28. The first-order chi connectivity index (χ1) is 9.17. The molecular formula is C13H18N2O4. The Balaban J connectivity index is 2.27. The van der Waals surface area contributed by atoms with Crippen molar-refractivity contribution in [3.8, 4) is 0 Å². The van der Waals surface area contributed by atoms with Crippen molar-refractivity contribution >= 4 is 11.4 Å². The highest BCUT2D eigenvalue weighted by Gasteiger charge is 2.30. The minimum Gasteiger partial charge on any atom is -0.392 e. The van der Waals surface area contributed by atoms with Crippen molar-refractivity contribution in [1.82, 2.24) is 0 Å². The summed E-state index contributed by atoms with van der Waals surface area (Å²) in [5, 5.41) is 20.2. The molecule has 1 aromatic rings. The van der Waals surface area contributed by atoms with E-state index in [4.69, 9.17) is 4.74 Å². The molecule has 6 heteroatoms. The summed E-state index contributed by atoms with van der Waals surface area (Å²) < 4.78 is 5.09. The number of anilines is 1. The van der Waals surface area contributed by atoms with Crippen LogP contribution in [0.2, 0.25) is 0 Å². The number of nitro groups is 1. The summed E-state index contributed by atoms with van der Waals surface area (Å²) in [7, 11) is 1.65. The van der Waals surface area contributed by atoms with E-state index in [-0.39, 0.29) is 12.3 Å². The number of aliphatic hydroxyl groups is 1. The molecule has 0 spiro atoms. The van der Waals surface area contributed by atoms with Crippen molar-refractivity contribution in [2.24, 2.45) is 0 Å². The van der Waals surface area contributed by atoms with E-state index >= 15 is 0 Å². The Morgan fingerprint density at radius 1 is 1.53 bits per heavy atom. The molecule has 0 bridgehead atoms. The van der Waals surface area contributed by atoms with Gasteiger partial charge in [-0.05, 0) is 18.9 Å². The third-order valence-corrected chi connectivity index (χ3v) is 3.28. The normalized spacial score (nSPS) is 14.4. The summed E-state index contributed by atoms with van der Waals surface area (Å²) in [6, 6.07) is 5.10. The van der Waals surface area contributed by atoms with Gasteiger partial charge in [-0.25, -0.2) is 0 Å². The zero-order valence-corrected chi connectivity index (χ0v) is 10.9. The Morgan fingerprint density at radius 2 is 2.26 bits per heavy atom. The van der Waals surface area contributed by atoms with Crippen LogP contribution in [0.3, 0.4) is 0 Å². The molecule has 1 fully saturated rings. The highest BCUT2D eigenvalue weighted by atomic mass is 16.6. The van der Waals surface area contributed by atoms with Gasteiger partial charge in [-0.2, -0.15) is 0 Å². The lowest BCUT2D eigenvalue weighted by atomic mass is 10.1. The summed E-state index contributed by atoms with van der Waals surface area (Å²) in [5.41, 5.74) is 1.47. The molecule has 1 aliphatic carbocycles.